The Labute approximate surface area is 82.9 Å². The predicted octanol–water partition coefficient (Wildman–Crippen LogP) is 2.14. The Kier molecular flexibility index (Phi) is 1.63. The predicted molar refractivity (Wildman–Crippen MR) is 52.9 cm³/mol. The van der Waals surface area contributed by atoms with Gasteiger partial charge in [0.25, 0.3) is 0 Å². The van der Waals surface area contributed by atoms with E-state index in [2.05, 4.69) is 6.07 Å². The molecule has 0 radical (unpaired) electrons. The van der Waals surface area contributed by atoms with E-state index in [1.165, 1.54) is 17.5 Å². The Morgan fingerprint density at radius 2 is 1.86 bits per heavy atom. The molecule has 0 atom stereocenters. The third-order valence-electron chi connectivity index (χ3n) is 3.08. The average molecular weight is 188 g/mol. The van der Waals surface area contributed by atoms with Crippen LogP contribution in [0, 0.1) is 0 Å². The minimum atomic E-state index is 0.237. The van der Waals surface area contributed by atoms with Gasteiger partial charge in [0.2, 0.25) is 0 Å². The molecule has 2 nitrogen and oxygen atoms in total. The van der Waals surface area contributed by atoms with Gasteiger partial charge in [0.1, 0.15) is 5.75 Å². The maximum Gasteiger partial charge on any atom is 0.170 e. The van der Waals surface area contributed by atoms with Gasteiger partial charge in [-0.3, -0.25) is 4.79 Å². The number of hydrogen-bond acceptors (Lipinski definition) is 2. The number of carbonyl (C=O) groups excluding carboxylic acids is 1. The smallest absolute Gasteiger partial charge is 0.170 e. The van der Waals surface area contributed by atoms with Crippen LogP contribution in [-0.2, 0) is 12.8 Å². The molecule has 0 N–H and O–H groups in total. The molecule has 1 aromatic rings. The van der Waals surface area contributed by atoms with Crippen molar-refractivity contribution in [2.45, 2.75) is 25.7 Å². The largest absolute Gasteiger partial charge is 0.492 e. The molecule has 0 fully saturated rings. The third-order valence-corrected chi connectivity index (χ3v) is 3.08. The van der Waals surface area contributed by atoms with Gasteiger partial charge in [-0.2, -0.15) is 0 Å². The third kappa shape index (κ3) is 1.07. The maximum atomic E-state index is 11.6. The summed E-state index contributed by atoms with van der Waals surface area (Å²) in [5.41, 5.74) is 3.53. The van der Waals surface area contributed by atoms with E-state index >= 15 is 0 Å². The number of Topliss-reactive ketones (excluding diaryl/α,β-unsaturated/α-hetero) is 1. The van der Waals surface area contributed by atoms with Gasteiger partial charge < -0.3 is 4.74 Å². The van der Waals surface area contributed by atoms with Gasteiger partial charge >= 0.3 is 0 Å². The van der Waals surface area contributed by atoms with E-state index in [-0.39, 0.29) is 5.78 Å². The van der Waals surface area contributed by atoms with E-state index in [1.54, 1.807) is 0 Å². The van der Waals surface area contributed by atoms with E-state index in [4.69, 9.17) is 4.74 Å². The van der Waals surface area contributed by atoms with Crippen LogP contribution >= 0.6 is 0 Å². The number of ketones is 1. The molecule has 3 rings (SSSR count). The summed E-state index contributed by atoms with van der Waals surface area (Å²) >= 11 is 0. The number of ether oxygens (including phenoxy) is 1. The second kappa shape index (κ2) is 2.84. The lowest BCUT2D eigenvalue weighted by Gasteiger charge is -2.17. The van der Waals surface area contributed by atoms with Crippen molar-refractivity contribution < 1.29 is 9.53 Å². The van der Waals surface area contributed by atoms with Crippen molar-refractivity contribution in [3.8, 4) is 5.75 Å². The molecule has 14 heavy (non-hydrogen) atoms. The normalized spacial score (nSPS) is 18.7. The standard InChI is InChI=1S/C12H12O2/c13-11-4-5-14-12-7-9-3-1-2-8(9)6-10(11)12/h6-7H,1-5H2. The highest BCUT2D eigenvalue weighted by Crippen LogP contribution is 2.32. The summed E-state index contributed by atoms with van der Waals surface area (Å²) in [6, 6.07) is 4.11. The van der Waals surface area contributed by atoms with Crippen molar-refractivity contribution in [3.63, 3.8) is 0 Å². The van der Waals surface area contributed by atoms with E-state index in [0.29, 0.717) is 13.0 Å². The Hall–Kier alpha value is -1.31. The first-order chi connectivity index (χ1) is 6.84. The summed E-state index contributed by atoms with van der Waals surface area (Å²) < 4.78 is 5.50. The molecule has 0 saturated heterocycles. The Bertz CT molecular complexity index is 407. The van der Waals surface area contributed by atoms with Crippen LogP contribution < -0.4 is 4.74 Å². The molecule has 1 aliphatic heterocycles. The van der Waals surface area contributed by atoms with Crippen molar-refractivity contribution in [1.29, 1.82) is 0 Å². The van der Waals surface area contributed by atoms with E-state index in [1.807, 2.05) is 6.07 Å². The van der Waals surface area contributed by atoms with Gasteiger partial charge in [-0.1, -0.05) is 0 Å². The first-order valence-corrected chi connectivity index (χ1v) is 5.16. The number of carbonyl (C=O) groups is 1. The second-order valence-electron chi connectivity index (χ2n) is 3.99. The first kappa shape index (κ1) is 8.04. The lowest BCUT2D eigenvalue weighted by molar-refractivity contribution is 0.0933. The lowest BCUT2D eigenvalue weighted by atomic mass is 9.99. The zero-order valence-corrected chi connectivity index (χ0v) is 8.01. The highest BCUT2D eigenvalue weighted by atomic mass is 16.5. The Morgan fingerprint density at radius 3 is 2.71 bits per heavy atom. The topological polar surface area (TPSA) is 26.3 Å². The molecule has 1 aromatic carbocycles. The van der Waals surface area contributed by atoms with E-state index in [9.17, 15) is 4.79 Å². The maximum absolute atomic E-state index is 11.6. The highest BCUT2D eigenvalue weighted by molar-refractivity contribution is 6.00. The fourth-order valence-corrected chi connectivity index (χ4v) is 2.33. The van der Waals surface area contributed by atoms with Gasteiger partial charge in [0, 0.05) is 6.42 Å². The molecular weight excluding hydrogens is 176 g/mol. The number of rotatable bonds is 0. The van der Waals surface area contributed by atoms with Crippen molar-refractivity contribution in [2.75, 3.05) is 6.61 Å². The Balaban J connectivity index is 2.17. The van der Waals surface area contributed by atoms with Crippen LogP contribution in [0.25, 0.3) is 0 Å². The Morgan fingerprint density at radius 1 is 1.07 bits per heavy atom. The average Bonchev–Trinajstić information content (AvgIpc) is 2.62. The van der Waals surface area contributed by atoms with E-state index in [0.717, 1.165) is 24.2 Å². The number of benzene rings is 1. The van der Waals surface area contributed by atoms with Crippen LogP contribution in [0.4, 0.5) is 0 Å². The van der Waals surface area contributed by atoms with Crippen molar-refractivity contribution in [3.05, 3.63) is 28.8 Å². The molecule has 0 bridgehead atoms. The highest BCUT2D eigenvalue weighted by Gasteiger charge is 2.22. The number of fused-ring (bicyclic) bond motifs is 2. The summed E-state index contributed by atoms with van der Waals surface area (Å²) in [7, 11) is 0. The minimum absolute atomic E-state index is 0.237. The first-order valence-electron chi connectivity index (χ1n) is 5.16. The summed E-state index contributed by atoms with van der Waals surface area (Å²) in [6.45, 7) is 0.546. The monoisotopic (exact) mass is 188 g/mol. The van der Waals surface area contributed by atoms with Gasteiger partial charge in [-0.25, -0.2) is 0 Å². The van der Waals surface area contributed by atoms with Crippen molar-refractivity contribution >= 4 is 5.78 Å². The van der Waals surface area contributed by atoms with Crippen LogP contribution in [0.5, 0.6) is 5.75 Å². The molecule has 0 aromatic heterocycles. The van der Waals surface area contributed by atoms with Crippen LogP contribution in [0.1, 0.15) is 34.3 Å². The molecule has 0 unspecified atom stereocenters. The molecule has 2 aliphatic rings. The zero-order valence-electron chi connectivity index (χ0n) is 8.01. The van der Waals surface area contributed by atoms with Gasteiger partial charge in [0.05, 0.1) is 12.2 Å². The van der Waals surface area contributed by atoms with Crippen LogP contribution in [0.3, 0.4) is 0 Å². The summed E-state index contributed by atoms with van der Waals surface area (Å²) in [6.07, 6.45) is 4.01. The van der Waals surface area contributed by atoms with Crippen molar-refractivity contribution in [2.24, 2.45) is 0 Å². The number of aryl methyl sites for hydroxylation is 2. The lowest BCUT2D eigenvalue weighted by Crippen LogP contribution is -2.15. The number of hydrogen-bond donors (Lipinski definition) is 0. The minimum Gasteiger partial charge on any atom is -0.492 e. The SMILES string of the molecule is O=C1CCOc2cc3c(cc21)CCC3. The molecular formula is C12H12O2. The summed E-state index contributed by atoms with van der Waals surface area (Å²) in [5.74, 6) is 1.04. The molecule has 0 amide bonds. The van der Waals surface area contributed by atoms with Crippen LogP contribution in [0.15, 0.2) is 12.1 Å². The van der Waals surface area contributed by atoms with Crippen LogP contribution in [-0.4, -0.2) is 12.4 Å². The molecule has 0 spiro atoms. The second-order valence-corrected chi connectivity index (χ2v) is 3.99. The van der Waals surface area contributed by atoms with Crippen LogP contribution in [0.2, 0.25) is 0 Å². The molecule has 0 saturated carbocycles. The zero-order chi connectivity index (χ0) is 9.54. The van der Waals surface area contributed by atoms with Gasteiger partial charge in [-0.15, -0.1) is 0 Å². The van der Waals surface area contributed by atoms with Gasteiger partial charge in [-0.05, 0) is 42.5 Å². The fraction of sp³-hybridized carbons (Fsp3) is 0.417. The molecule has 1 heterocycles. The summed E-state index contributed by atoms with van der Waals surface area (Å²) in [5, 5.41) is 0. The molecule has 72 valence electrons. The molecule has 1 aliphatic carbocycles. The molecule has 2 heteroatoms. The van der Waals surface area contributed by atoms with E-state index < -0.39 is 0 Å². The summed E-state index contributed by atoms with van der Waals surface area (Å²) in [4.78, 5) is 11.6. The quantitative estimate of drug-likeness (QED) is 0.623. The fourth-order valence-electron chi connectivity index (χ4n) is 2.33. The van der Waals surface area contributed by atoms with Gasteiger partial charge in [0.15, 0.2) is 5.78 Å². The van der Waals surface area contributed by atoms with Crippen molar-refractivity contribution in [1.82, 2.24) is 0 Å².